The summed E-state index contributed by atoms with van der Waals surface area (Å²) in [6.45, 7) is 2.06. The molecule has 4 aliphatic carbocycles. The molecular formula is C15H23N3. The van der Waals surface area contributed by atoms with Crippen molar-refractivity contribution in [3.63, 3.8) is 0 Å². The second-order valence-corrected chi connectivity index (χ2v) is 7.01. The van der Waals surface area contributed by atoms with Crippen molar-refractivity contribution < 1.29 is 0 Å². The number of hydrogen-bond donors (Lipinski definition) is 2. The lowest BCUT2D eigenvalue weighted by Gasteiger charge is -2.55. The number of nitrogens with two attached hydrogens (primary N) is 1. The van der Waals surface area contributed by atoms with E-state index in [0.29, 0.717) is 5.92 Å². The van der Waals surface area contributed by atoms with Gasteiger partial charge in [0.2, 0.25) is 0 Å². The van der Waals surface area contributed by atoms with Gasteiger partial charge in [-0.1, -0.05) is 0 Å². The monoisotopic (exact) mass is 245 g/mol. The minimum Gasteiger partial charge on any atom is -0.322 e. The number of aryl methyl sites for hydroxylation is 1. The first-order chi connectivity index (χ1) is 8.70. The van der Waals surface area contributed by atoms with Gasteiger partial charge in [0.1, 0.15) is 0 Å². The fraction of sp³-hybridized carbons (Fsp3) is 0.800. The van der Waals surface area contributed by atoms with Crippen LogP contribution in [0.4, 0.5) is 0 Å². The highest BCUT2D eigenvalue weighted by atomic mass is 15.1. The summed E-state index contributed by atoms with van der Waals surface area (Å²) < 4.78 is 0. The molecular weight excluding hydrogens is 222 g/mol. The van der Waals surface area contributed by atoms with Gasteiger partial charge in [0.25, 0.3) is 0 Å². The molecule has 3 heteroatoms. The second-order valence-electron chi connectivity index (χ2n) is 7.01. The third-order valence-electron chi connectivity index (χ3n) is 5.78. The maximum atomic E-state index is 6.55. The lowest BCUT2D eigenvalue weighted by atomic mass is 9.50. The number of nitrogens with one attached hydrogen (secondary N) is 1. The van der Waals surface area contributed by atoms with Crippen molar-refractivity contribution in [3.8, 4) is 0 Å². The minimum absolute atomic E-state index is 0.157. The van der Waals surface area contributed by atoms with Crippen molar-refractivity contribution in [1.82, 2.24) is 10.2 Å². The molecule has 1 unspecified atom stereocenters. The molecule has 0 radical (unpaired) electrons. The molecule has 1 heterocycles. The van der Waals surface area contributed by atoms with E-state index in [0.717, 1.165) is 35.1 Å². The van der Waals surface area contributed by atoms with Crippen molar-refractivity contribution in [2.24, 2.45) is 35.3 Å². The van der Waals surface area contributed by atoms with Gasteiger partial charge in [0.15, 0.2) is 0 Å². The summed E-state index contributed by atoms with van der Waals surface area (Å²) in [5.74, 6) is 4.51. The molecule has 5 rings (SSSR count). The normalized spacial score (nSPS) is 43.3. The predicted octanol–water partition coefficient (Wildman–Crippen LogP) is 2.79. The Hall–Kier alpha value is -0.830. The predicted molar refractivity (Wildman–Crippen MR) is 70.8 cm³/mol. The third-order valence-corrected chi connectivity index (χ3v) is 5.78. The molecule has 0 amide bonds. The van der Waals surface area contributed by atoms with Crippen molar-refractivity contribution >= 4 is 0 Å². The van der Waals surface area contributed by atoms with E-state index in [-0.39, 0.29) is 6.04 Å². The minimum atomic E-state index is 0.157. The van der Waals surface area contributed by atoms with E-state index in [1.165, 1.54) is 32.1 Å². The topological polar surface area (TPSA) is 54.7 Å². The number of nitrogens with zero attached hydrogens (tertiary/aromatic N) is 1. The van der Waals surface area contributed by atoms with Gasteiger partial charge < -0.3 is 5.73 Å². The number of H-pyrrole nitrogens is 1. The standard InChI is InChI=1S/C15H23N3/c1-8-2-13(18-17-8)15(16)14-11-4-9-3-10(6-11)7-12(14)5-9/h2,9-12,14-15H,3-7,16H2,1H3,(H,17,18). The van der Waals surface area contributed by atoms with E-state index in [1.807, 2.05) is 0 Å². The molecule has 0 aliphatic heterocycles. The van der Waals surface area contributed by atoms with Gasteiger partial charge in [-0.2, -0.15) is 5.10 Å². The van der Waals surface area contributed by atoms with Crippen LogP contribution in [-0.2, 0) is 0 Å². The Morgan fingerprint density at radius 2 is 1.78 bits per heavy atom. The summed E-state index contributed by atoms with van der Waals surface area (Å²) in [6, 6.07) is 2.29. The Balaban J connectivity index is 1.61. The Morgan fingerprint density at radius 1 is 1.17 bits per heavy atom. The van der Waals surface area contributed by atoms with Gasteiger partial charge in [-0.3, -0.25) is 5.10 Å². The summed E-state index contributed by atoms with van der Waals surface area (Å²) in [5, 5.41) is 7.44. The maximum absolute atomic E-state index is 6.55. The Bertz CT molecular complexity index is 422. The molecule has 0 aromatic carbocycles. The highest BCUT2D eigenvalue weighted by Gasteiger charge is 2.50. The van der Waals surface area contributed by atoms with Gasteiger partial charge in [0, 0.05) is 5.69 Å². The molecule has 1 aromatic rings. The average Bonchev–Trinajstić information content (AvgIpc) is 2.74. The first-order valence-electron chi connectivity index (χ1n) is 7.48. The molecule has 98 valence electrons. The highest BCUT2D eigenvalue weighted by Crippen LogP contribution is 2.58. The molecule has 4 aliphatic rings. The van der Waals surface area contributed by atoms with Crippen LogP contribution < -0.4 is 5.73 Å². The summed E-state index contributed by atoms with van der Waals surface area (Å²) in [7, 11) is 0. The zero-order valence-corrected chi connectivity index (χ0v) is 11.1. The van der Waals surface area contributed by atoms with Crippen LogP contribution in [-0.4, -0.2) is 10.2 Å². The van der Waals surface area contributed by atoms with Crippen LogP contribution in [0.15, 0.2) is 6.07 Å². The zero-order chi connectivity index (χ0) is 12.3. The number of hydrogen-bond acceptors (Lipinski definition) is 2. The molecule has 3 N–H and O–H groups in total. The quantitative estimate of drug-likeness (QED) is 0.841. The van der Waals surface area contributed by atoms with Crippen LogP contribution in [0.5, 0.6) is 0 Å². The van der Waals surface area contributed by atoms with E-state index in [2.05, 4.69) is 23.2 Å². The summed E-state index contributed by atoms with van der Waals surface area (Å²) >= 11 is 0. The molecule has 18 heavy (non-hydrogen) atoms. The molecule has 1 atom stereocenters. The summed E-state index contributed by atoms with van der Waals surface area (Å²) in [6.07, 6.45) is 7.27. The first kappa shape index (κ1) is 11.0. The smallest absolute Gasteiger partial charge is 0.0795 e. The van der Waals surface area contributed by atoms with Crippen LogP contribution in [0.1, 0.15) is 49.5 Å². The fourth-order valence-electron chi connectivity index (χ4n) is 5.36. The highest BCUT2D eigenvalue weighted by molar-refractivity contribution is 5.14. The van der Waals surface area contributed by atoms with E-state index in [4.69, 9.17) is 5.73 Å². The lowest BCUT2D eigenvalue weighted by Crippen LogP contribution is -2.48. The average molecular weight is 245 g/mol. The third kappa shape index (κ3) is 1.56. The van der Waals surface area contributed by atoms with Gasteiger partial charge >= 0.3 is 0 Å². The van der Waals surface area contributed by atoms with Crippen LogP contribution in [0.3, 0.4) is 0 Å². The first-order valence-corrected chi connectivity index (χ1v) is 7.48. The Morgan fingerprint density at radius 3 is 2.28 bits per heavy atom. The van der Waals surface area contributed by atoms with E-state index >= 15 is 0 Å². The van der Waals surface area contributed by atoms with Crippen LogP contribution in [0.25, 0.3) is 0 Å². The van der Waals surface area contributed by atoms with Crippen molar-refractivity contribution in [2.45, 2.75) is 45.1 Å². The molecule has 1 aromatic heterocycles. The van der Waals surface area contributed by atoms with Crippen LogP contribution >= 0.6 is 0 Å². The number of aromatic nitrogens is 2. The largest absolute Gasteiger partial charge is 0.322 e. The van der Waals surface area contributed by atoms with Crippen molar-refractivity contribution in [2.75, 3.05) is 0 Å². The van der Waals surface area contributed by atoms with Crippen LogP contribution in [0.2, 0.25) is 0 Å². The Labute approximate surface area is 109 Å². The molecule has 3 nitrogen and oxygen atoms in total. The molecule has 0 saturated heterocycles. The summed E-state index contributed by atoms with van der Waals surface area (Å²) in [4.78, 5) is 0. The van der Waals surface area contributed by atoms with Gasteiger partial charge in [-0.25, -0.2) is 0 Å². The van der Waals surface area contributed by atoms with Gasteiger partial charge in [-0.15, -0.1) is 0 Å². The van der Waals surface area contributed by atoms with Crippen LogP contribution in [0, 0.1) is 36.5 Å². The second kappa shape index (κ2) is 3.83. The fourth-order valence-corrected chi connectivity index (χ4v) is 5.36. The number of aromatic amines is 1. The SMILES string of the molecule is Cc1cc(C(N)C2C3CC4CC(C3)CC2C4)n[nH]1. The van der Waals surface area contributed by atoms with E-state index in [9.17, 15) is 0 Å². The molecule has 0 spiro atoms. The molecule has 4 fully saturated rings. The number of rotatable bonds is 2. The Kier molecular flexibility index (Phi) is 2.35. The van der Waals surface area contributed by atoms with Gasteiger partial charge in [0.05, 0.1) is 11.7 Å². The zero-order valence-electron chi connectivity index (χ0n) is 11.1. The van der Waals surface area contributed by atoms with Gasteiger partial charge in [-0.05, 0) is 74.7 Å². The lowest BCUT2D eigenvalue weighted by molar-refractivity contribution is -0.0476. The molecule has 4 saturated carbocycles. The van der Waals surface area contributed by atoms with Crippen molar-refractivity contribution in [3.05, 3.63) is 17.5 Å². The van der Waals surface area contributed by atoms with E-state index in [1.54, 1.807) is 0 Å². The van der Waals surface area contributed by atoms with Crippen molar-refractivity contribution in [1.29, 1.82) is 0 Å². The summed E-state index contributed by atoms with van der Waals surface area (Å²) in [5.41, 5.74) is 8.77. The molecule has 4 bridgehead atoms. The van der Waals surface area contributed by atoms with E-state index < -0.39 is 0 Å². The maximum Gasteiger partial charge on any atom is 0.0795 e.